The monoisotopic (exact) mass is 285 g/mol. The zero-order valence-corrected chi connectivity index (χ0v) is 11.4. The predicted octanol–water partition coefficient (Wildman–Crippen LogP) is 2.55. The molecule has 0 fully saturated rings. The molecule has 5 nitrogen and oxygen atoms in total. The molecule has 0 saturated carbocycles. The third-order valence-corrected chi connectivity index (χ3v) is 2.36. The highest BCUT2D eigenvalue weighted by Crippen LogP contribution is 2.40. The van der Waals surface area contributed by atoms with Crippen LogP contribution in [0.4, 0.5) is 18.0 Å². The molecule has 0 aromatic heterocycles. The molecule has 0 bridgehead atoms. The number of alkyl carbamates (subject to hydrolysis) is 1. The van der Waals surface area contributed by atoms with Gasteiger partial charge in [-0.15, -0.1) is 0 Å². The van der Waals surface area contributed by atoms with Gasteiger partial charge in [-0.3, -0.25) is 0 Å². The average molecular weight is 285 g/mol. The van der Waals surface area contributed by atoms with Gasteiger partial charge in [0, 0.05) is 0 Å². The van der Waals surface area contributed by atoms with Crippen molar-refractivity contribution in [2.75, 3.05) is 0 Å². The summed E-state index contributed by atoms with van der Waals surface area (Å²) in [7, 11) is 0. The minimum atomic E-state index is -4.79. The molecule has 112 valence electrons. The van der Waals surface area contributed by atoms with Crippen LogP contribution in [0.3, 0.4) is 0 Å². The van der Waals surface area contributed by atoms with E-state index in [9.17, 15) is 22.8 Å². The summed E-state index contributed by atoms with van der Waals surface area (Å²) in [5, 5.41) is 10.6. The lowest BCUT2D eigenvalue weighted by atomic mass is 9.83. The van der Waals surface area contributed by atoms with Crippen LogP contribution in [0.15, 0.2) is 0 Å². The van der Waals surface area contributed by atoms with E-state index in [0.717, 1.165) is 0 Å². The minimum absolute atomic E-state index is 0.698. The molecule has 0 rings (SSSR count). The SMILES string of the molecule is CC(C)(C)OC(=O)N[C@H](C(=O)O)C(C)(C)C(F)(F)F. The van der Waals surface area contributed by atoms with Gasteiger partial charge in [-0.05, 0) is 34.6 Å². The van der Waals surface area contributed by atoms with Crippen LogP contribution in [0.2, 0.25) is 0 Å². The fourth-order valence-electron chi connectivity index (χ4n) is 1.14. The number of rotatable bonds is 3. The molecule has 2 N–H and O–H groups in total. The van der Waals surface area contributed by atoms with Crippen molar-refractivity contribution in [1.82, 2.24) is 5.32 Å². The molecular formula is C11H18F3NO4. The molecule has 1 atom stereocenters. The number of ether oxygens (including phenoxy) is 1. The van der Waals surface area contributed by atoms with Crippen LogP contribution in [0.1, 0.15) is 34.6 Å². The fraction of sp³-hybridized carbons (Fsp3) is 0.818. The summed E-state index contributed by atoms with van der Waals surface area (Å²) in [5.41, 5.74) is -3.56. The molecule has 0 saturated heterocycles. The Labute approximate surface area is 109 Å². The molecule has 8 heteroatoms. The highest BCUT2D eigenvalue weighted by atomic mass is 19.4. The van der Waals surface area contributed by atoms with E-state index in [1.165, 1.54) is 20.8 Å². The van der Waals surface area contributed by atoms with Crippen molar-refractivity contribution in [3.05, 3.63) is 0 Å². The quantitative estimate of drug-likeness (QED) is 0.835. The van der Waals surface area contributed by atoms with Crippen molar-refractivity contribution in [1.29, 1.82) is 0 Å². The number of halogens is 3. The standard InChI is InChI=1S/C11H18F3NO4/c1-9(2,3)19-8(18)15-6(7(16)17)10(4,5)11(12,13)14/h6H,1-5H3,(H,15,18)(H,16,17)/t6-/m1/s1. The van der Waals surface area contributed by atoms with E-state index in [1.54, 1.807) is 5.32 Å². The van der Waals surface area contributed by atoms with Gasteiger partial charge in [0.1, 0.15) is 11.6 Å². The van der Waals surface area contributed by atoms with Crippen LogP contribution >= 0.6 is 0 Å². The minimum Gasteiger partial charge on any atom is -0.480 e. The average Bonchev–Trinajstić information content (AvgIpc) is 2.08. The summed E-state index contributed by atoms with van der Waals surface area (Å²) in [5.74, 6) is -1.78. The molecular weight excluding hydrogens is 267 g/mol. The first-order chi connectivity index (χ1) is 8.18. The molecule has 0 radical (unpaired) electrons. The lowest BCUT2D eigenvalue weighted by molar-refractivity contribution is -0.223. The number of amides is 1. The third kappa shape index (κ3) is 4.96. The van der Waals surface area contributed by atoms with Crippen molar-refractivity contribution >= 4 is 12.1 Å². The molecule has 0 aromatic carbocycles. The van der Waals surface area contributed by atoms with Crippen LogP contribution in [0.25, 0.3) is 0 Å². The summed E-state index contributed by atoms with van der Waals surface area (Å²) < 4.78 is 43.1. The second-order valence-electron chi connectivity index (χ2n) is 5.64. The Kier molecular flexibility index (Phi) is 4.85. The van der Waals surface area contributed by atoms with Gasteiger partial charge in [-0.25, -0.2) is 9.59 Å². The van der Waals surface area contributed by atoms with E-state index in [-0.39, 0.29) is 0 Å². The molecule has 0 aromatic rings. The first-order valence-electron chi connectivity index (χ1n) is 5.47. The summed E-state index contributed by atoms with van der Waals surface area (Å²) in [6.45, 7) is 5.93. The number of alkyl halides is 3. The number of carboxylic acid groups (broad SMARTS) is 1. The maximum Gasteiger partial charge on any atom is 0.408 e. The number of carbonyl (C=O) groups excluding carboxylic acids is 1. The van der Waals surface area contributed by atoms with Gasteiger partial charge in [-0.1, -0.05) is 0 Å². The number of carbonyl (C=O) groups is 2. The van der Waals surface area contributed by atoms with E-state index in [0.29, 0.717) is 13.8 Å². The maximum atomic E-state index is 12.8. The Morgan fingerprint density at radius 2 is 1.53 bits per heavy atom. The number of hydrogen-bond donors (Lipinski definition) is 2. The van der Waals surface area contributed by atoms with Gasteiger partial charge in [0.15, 0.2) is 0 Å². The van der Waals surface area contributed by atoms with Crippen molar-refractivity contribution < 1.29 is 32.6 Å². The predicted molar refractivity (Wildman–Crippen MR) is 60.6 cm³/mol. The molecule has 0 aliphatic heterocycles. The van der Waals surface area contributed by atoms with Crippen LogP contribution in [0.5, 0.6) is 0 Å². The Balaban J connectivity index is 5.07. The number of carboxylic acids is 1. The lowest BCUT2D eigenvalue weighted by Gasteiger charge is -2.34. The second kappa shape index (κ2) is 5.26. The normalized spacial score (nSPS) is 14.7. The van der Waals surface area contributed by atoms with Crippen molar-refractivity contribution in [2.24, 2.45) is 5.41 Å². The van der Waals surface area contributed by atoms with Gasteiger partial charge in [0.05, 0.1) is 5.41 Å². The Hall–Kier alpha value is -1.47. The molecule has 1 amide bonds. The van der Waals surface area contributed by atoms with Gasteiger partial charge < -0.3 is 15.2 Å². The first kappa shape index (κ1) is 17.5. The molecule has 0 unspecified atom stereocenters. The van der Waals surface area contributed by atoms with E-state index in [2.05, 4.69) is 0 Å². The van der Waals surface area contributed by atoms with Crippen LogP contribution in [-0.2, 0) is 9.53 Å². The Morgan fingerprint density at radius 1 is 1.11 bits per heavy atom. The number of aliphatic carboxylic acids is 1. The highest BCUT2D eigenvalue weighted by molar-refractivity contribution is 5.81. The van der Waals surface area contributed by atoms with Crippen molar-refractivity contribution in [3.63, 3.8) is 0 Å². The molecule has 0 heterocycles. The summed E-state index contributed by atoms with van der Waals surface area (Å²) in [6, 6.07) is -2.14. The lowest BCUT2D eigenvalue weighted by Crippen LogP contribution is -2.56. The maximum absolute atomic E-state index is 12.8. The zero-order chi connectivity index (χ0) is 15.6. The van der Waals surface area contributed by atoms with Crippen molar-refractivity contribution in [2.45, 2.75) is 52.4 Å². The van der Waals surface area contributed by atoms with Crippen LogP contribution in [0, 0.1) is 5.41 Å². The highest BCUT2D eigenvalue weighted by Gasteiger charge is 2.56. The summed E-state index contributed by atoms with van der Waals surface area (Å²) in [4.78, 5) is 22.3. The number of hydrogen-bond acceptors (Lipinski definition) is 3. The zero-order valence-electron chi connectivity index (χ0n) is 11.4. The Morgan fingerprint density at radius 3 is 1.79 bits per heavy atom. The smallest absolute Gasteiger partial charge is 0.408 e. The fourth-order valence-corrected chi connectivity index (χ4v) is 1.14. The Bertz CT molecular complexity index is 358. The van der Waals surface area contributed by atoms with E-state index in [1.807, 2.05) is 0 Å². The second-order valence-corrected chi connectivity index (χ2v) is 5.64. The number of nitrogens with one attached hydrogen (secondary N) is 1. The van der Waals surface area contributed by atoms with Gasteiger partial charge >= 0.3 is 18.2 Å². The topological polar surface area (TPSA) is 75.6 Å². The largest absolute Gasteiger partial charge is 0.480 e. The van der Waals surface area contributed by atoms with Crippen LogP contribution < -0.4 is 5.32 Å². The molecule has 0 spiro atoms. The molecule has 0 aliphatic rings. The van der Waals surface area contributed by atoms with Crippen molar-refractivity contribution in [3.8, 4) is 0 Å². The van der Waals surface area contributed by atoms with Gasteiger partial charge in [0.25, 0.3) is 0 Å². The van der Waals surface area contributed by atoms with E-state index >= 15 is 0 Å². The van der Waals surface area contributed by atoms with E-state index < -0.39 is 35.3 Å². The first-order valence-corrected chi connectivity index (χ1v) is 5.47. The molecule has 0 aliphatic carbocycles. The van der Waals surface area contributed by atoms with Gasteiger partial charge in [0.2, 0.25) is 0 Å². The van der Waals surface area contributed by atoms with Crippen LogP contribution in [-0.4, -0.2) is 35.0 Å². The molecule has 19 heavy (non-hydrogen) atoms. The summed E-state index contributed by atoms with van der Waals surface area (Å²) in [6.07, 6.45) is -6.00. The van der Waals surface area contributed by atoms with Gasteiger partial charge in [-0.2, -0.15) is 13.2 Å². The summed E-state index contributed by atoms with van der Waals surface area (Å²) >= 11 is 0. The third-order valence-electron chi connectivity index (χ3n) is 2.36. The van der Waals surface area contributed by atoms with E-state index in [4.69, 9.17) is 9.84 Å².